The first kappa shape index (κ1) is 14.7. The Morgan fingerprint density at radius 2 is 1.73 bits per heavy atom. The molecule has 0 saturated carbocycles. The fraction of sp³-hybridized carbons (Fsp3) is 0.176. The monoisotopic (exact) mass is 311 g/mol. The van der Waals surface area contributed by atoms with Crippen LogP contribution < -0.4 is 4.74 Å². The van der Waals surface area contributed by atoms with E-state index in [4.69, 9.17) is 4.74 Å². The second kappa shape index (κ2) is 6.66. The summed E-state index contributed by atoms with van der Waals surface area (Å²) in [6, 6.07) is 18.3. The Morgan fingerprint density at radius 3 is 2.41 bits per heavy atom. The molecule has 0 saturated heterocycles. The summed E-state index contributed by atoms with van der Waals surface area (Å²) in [4.78, 5) is 0. The highest BCUT2D eigenvalue weighted by molar-refractivity contribution is 7.98. The summed E-state index contributed by atoms with van der Waals surface area (Å²) in [6.45, 7) is 1.97. The second-order valence-corrected chi connectivity index (χ2v) is 5.78. The Hall–Kier alpha value is -2.27. The Morgan fingerprint density at radius 1 is 1.00 bits per heavy atom. The molecule has 0 aliphatic rings. The molecule has 0 N–H and O–H groups in total. The van der Waals surface area contributed by atoms with Gasteiger partial charge in [-0.3, -0.25) is 4.57 Å². The van der Waals surface area contributed by atoms with Gasteiger partial charge in [0.05, 0.1) is 7.11 Å². The molecule has 0 unspecified atom stereocenters. The van der Waals surface area contributed by atoms with Gasteiger partial charge in [0.1, 0.15) is 11.6 Å². The molecule has 4 nitrogen and oxygen atoms in total. The maximum absolute atomic E-state index is 5.18. The largest absolute Gasteiger partial charge is 0.497 e. The molecule has 0 amide bonds. The second-order valence-electron chi connectivity index (χ2n) is 4.84. The lowest BCUT2D eigenvalue weighted by molar-refractivity contribution is 0.414. The minimum absolute atomic E-state index is 0.842. The number of aromatic nitrogens is 3. The minimum atomic E-state index is 0.842. The number of hydrogen-bond donors (Lipinski definition) is 0. The summed E-state index contributed by atoms with van der Waals surface area (Å²) in [5.41, 5.74) is 2.31. The van der Waals surface area contributed by atoms with Gasteiger partial charge in [-0.25, -0.2) is 0 Å². The molecule has 0 spiro atoms. The maximum Gasteiger partial charge on any atom is 0.196 e. The fourth-order valence-corrected chi connectivity index (χ4v) is 3.13. The molecule has 0 atom stereocenters. The number of nitrogens with zero attached hydrogens (tertiary/aromatic N) is 3. The smallest absolute Gasteiger partial charge is 0.196 e. The van der Waals surface area contributed by atoms with Crippen LogP contribution in [-0.2, 0) is 5.75 Å². The van der Waals surface area contributed by atoms with Crippen LogP contribution in [0.15, 0.2) is 59.8 Å². The predicted molar refractivity (Wildman–Crippen MR) is 88.7 cm³/mol. The van der Waals surface area contributed by atoms with Crippen LogP contribution in [0.2, 0.25) is 0 Å². The van der Waals surface area contributed by atoms with E-state index in [1.54, 1.807) is 18.9 Å². The average Bonchev–Trinajstić information content (AvgIpc) is 2.95. The summed E-state index contributed by atoms with van der Waals surface area (Å²) in [7, 11) is 1.68. The van der Waals surface area contributed by atoms with Gasteiger partial charge in [0, 0.05) is 11.4 Å². The lowest BCUT2D eigenvalue weighted by atomic mass is 10.2. The van der Waals surface area contributed by atoms with E-state index in [-0.39, 0.29) is 0 Å². The van der Waals surface area contributed by atoms with Gasteiger partial charge in [0.25, 0.3) is 0 Å². The van der Waals surface area contributed by atoms with E-state index in [0.29, 0.717) is 0 Å². The van der Waals surface area contributed by atoms with Crippen LogP contribution in [0.4, 0.5) is 0 Å². The number of benzene rings is 2. The van der Waals surface area contributed by atoms with Gasteiger partial charge in [-0.1, -0.05) is 42.1 Å². The molecule has 112 valence electrons. The number of rotatable bonds is 5. The van der Waals surface area contributed by atoms with Crippen molar-refractivity contribution in [2.45, 2.75) is 17.8 Å². The Labute approximate surface area is 134 Å². The lowest BCUT2D eigenvalue weighted by Crippen LogP contribution is -1.98. The first-order valence-electron chi connectivity index (χ1n) is 7.01. The van der Waals surface area contributed by atoms with Gasteiger partial charge < -0.3 is 4.74 Å². The van der Waals surface area contributed by atoms with E-state index in [2.05, 4.69) is 39.0 Å². The van der Waals surface area contributed by atoms with Crippen LogP contribution in [0.1, 0.15) is 11.4 Å². The third-order valence-electron chi connectivity index (χ3n) is 3.34. The Kier molecular flexibility index (Phi) is 4.44. The van der Waals surface area contributed by atoms with Crippen molar-refractivity contribution in [3.05, 3.63) is 66.0 Å². The van der Waals surface area contributed by atoms with E-state index < -0.39 is 0 Å². The molecule has 1 aromatic heterocycles. The van der Waals surface area contributed by atoms with E-state index in [1.807, 2.05) is 37.3 Å². The van der Waals surface area contributed by atoms with Crippen LogP contribution >= 0.6 is 11.8 Å². The van der Waals surface area contributed by atoms with Gasteiger partial charge in [-0.15, -0.1) is 10.2 Å². The zero-order valence-electron chi connectivity index (χ0n) is 12.6. The molecule has 1 heterocycles. The van der Waals surface area contributed by atoms with Crippen LogP contribution in [0.3, 0.4) is 0 Å². The van der Waals surface area contributed by atoms with Crippen molar-refractivity contribution in [1.29, 1.82) is 0 Å². The van der Waals surface area contributed by atoms with Gasteiger partial charge in [0.2, 0.25) is 0 Å². The van der Waals surface area contributed by atoms with E-state index in [0.717, 1.165) is 28.2 Å². The molecule has 0 bridgehead atoms. The molecule has 0 aliphatic heterocycles. The zero-order chi connectivity index (χ0) is 15.4. The molecule has 0 aliphatic carbocycles. The normalized spacial score (nSPS) is 10.6. The van der Waals surface area contributed by atoms with E-state index in [1.165, 1.54) is 5.56 Å². The molecule has 5 heteroatoms. The SMILES string of the molecule is COc1ccc(CSc2nnc(C)n2-c2ccccc2)cc1. The zero-order valence-corrected chi connectivity index (χ0v) is 13.4. The van der Waals surface area contributed by atoms with Gasteiger partial charge in [0.15, 0.2) is 5.16 Å². The van der Waals surface area contributed by atoms with Crippen LogP contribution in [0.25, 0.3) is 5.69 Å². The first-order chi connectivity index (χ1) is 10.8. The molecule has 0 fully saturated rings. The number of hydrogen-bond acceptors (Lipinski definition) is 4. The summed E-state index contributed by atoms with van der Waals surface area (Å²) in [6.07, 6.45) is 0. The third kappa shape index (κ3) is 3.14. The molecular formula is C17H17N3OS. The number of methoxy groups -OCH3 is 1. The standard InChI is InChI=1S/C17H17N3OS/c1-13-18-19-17(20(13)15-6-4-3-5-7-15)22-12-14-8-10-16(21-2)11-9-14/h3-11H,12H2,1-2H3. The minimum Gasteiger partial charge on any atom is -0.497 e. The van der Waals surface area contributed by atoms with E-state index in [9.17, 15) is 0 Å². The van der Waals surface area contributed by atoms with Crippen molar-refractivity contribution >= 4 is 11.8 Å². The third-order valence-corrected chi connectivity index (χ3v) is 4.34. The van der Waals surface area contributed by atoms with Crippen LogP contribution in [0.5, 0.6) is 5.75 Å². The summed E-state index contributed by atoms with van der Waals surface area (Å²) >= 11 is 1.68. The Bertz CT molecular complexity index is 738. The predicted octanol–water partition coefficient (Wildman–Crippen LogP) is 3.88. The Balaban J connectivity index is 1.78. The van der Waals surface area contributed by atoms with Crippen molar-refractivity contribution in [2.24, 2.45) is 0 Å². The molecule has 2 aromatic carbocycles. The van der Waals surface area contributed by atoms with Gasteiger partial charge in [-0.05, 0) is 36.8 Å². The highest BCUT2D eigenvalue weighted by Crippen LogP contribution is 2.25. The van der Waals surface area contributed by atoms with E-state index >= 15 is 0 Å². The van der Waals surface area contributed by atoms with Crippen LogP contribution in [-0.4, -0.2) is 21.9 Å². The maximum atomic E-state index is 5.18. The number of thioether (sulfide) groups is 1. The van der Waals surface area contributed by atoms with Crippen molar-refractivity contribution < 1.29 is 4.74 Å². The number of para-hydroxylation sites is 1. The topological polar surface area (TPSA) is 39.9 Å². The quantitative estimate of drug-likeness (QED) is 0.671. The van der Waals surface area contributed by atoms with Gasteiger partial charge in [-0.2, -0.15) is 0 Å². The van der Waals surface area contributed by atoms with Crippen molar-refractivity contribution in [3.8, 4) is 11.4 Å². The molecular weight excluding hydrogens is 294 g/mol. The highest BCUT2D eigenvalue weighted by atomic mass is 32.2. The van der Waals surface area contributed by atoms with Crippen LogP contribution in [0, 0.1) is 6.92 Å². The lowest BCUT2D eigenvalue weighted by Gasteiger charge is -2.08. The molecule has 3 rings (SSSR count). The average molecular weight is 311 g/mol. The molecule has 3 aromatic rings. The van der Waals surface area contributed by atoms with Crippen molar-refractivity contribution in [2.75, 3.05) is 7.11 Å². The van der Waals surface area contributed by atoms with Gasteiger partial charge >= 0.3 is 0 Å². The first-order valence-corrected chi connectivity index (χ1v) is 7.99. The fourth-order valence-electron chi connectivity index (χ4n) is 2.18. The molecule has 22 heavy (non-hydrogen) atoms. The summed E-state index contributed by atoms with van der Waals surface area (Å²) in [5, 5.41) is 9.40. The van der Waals surface area contributed by atoms with Crippen molar-refractivity contribution in [1.82, 2.24) is 14.8 Å². The number of ether oxygens (including phenoxy) is 1. The summed E-state index contributed by atoms with van der Waals surface area (Å²) in [5.74, 6) is 2.61. The highest BCUT2D eigenvalue weighted by Gasteiger charge is 2.11. The number of aryl methyl sites for hydroxylation is 1. The molecule has 0 radical (unpaired) electrons. The van der Waals surface area contributed by atoms with Crippen molar-refractivity contribution in [3.63, 3.8) is 0 Å². The summed E-state index contributed by atoms with van der Waals surface area (Å²) < 4.78 is 7.26.